The lowest BCUT2D eigenvalue weighted by Crippen LogP contribution is -2.03. The summed E-state index contributed by atoms with van der Waals surface area (Å²) in [6.07, 6.45) is 0. The Morgan fingerprint density at radius 2 is 2.33 bits per heavy atom. The van der Waals surface area contributed by atoms with Gasteiger partial charge in [0.15, 0.2) is 0 Å². The van der Waals surface area contributed by atoms with Crippen molar-refractivity contribution in [2.24, 2.45) is 0 Å². The molecule has 1 rings (SSSR count). The first-order valence-electron chi connectivity index (χ1n) is 4.20. The lowest BCUT2D eigenvalue weighted by molar-refractivity contribution is 0.0693. The molecule has 0 aliphatic carbocycles. The van der Waals surface area contributed by atoms with Gasteiger partial charge in [-0.3, -0.25) is 0 Å². The van der Waals surface area contributed by atoms with Crippen molar-refractivity contribution >= 4 is 5.97 Å². The van der Waals surface area contributed by atoms with Gasteiger partial charge in [-0.15, -0.1) is 5.92 Å². The van der Waals surface area contributed by atoms with Crippen LogP contribution in [0.2, 0.25) is 0 Å². The fourth-order valence-electron chi connectivity index (χ4n) is 0.978. The van der Waals surface area contributed by atoms with Crippen LogP contribution in [0.1, 0.15) is 17.3 Å². The van der Waals surface area contributed by atoms with Crippen LogP contribution in [-0.4, -0.2) is 17.7 Å². The molecular formula is C11H9FO3. The summed E-state index contributed by atoms with van der Waals surface area (Å²) in [6, 6.07) is 3.26. The average Bonchev–Trinajstić information content (AvgIpc) is 2.18. The van der Waals surface area contributed by atoms with Crippen molar-refractivity contribution in [3.8, 4) is 17.6 Å². The summed E-state index contributed by atoms with van der Waals surface area (Å²) in [7, 11) is 0. The second-order valence-electron chi connectivity index (χ2n) is 2.66. The molecule has 0 unspecified atom stereocenters. The Bertz CT molecular complexity index is 429. The minimum Gasteiger partial charge on any atom is -0.480 e. The van der Waals surface area contributed by atoms with E-state index >= 15 is 0 Å². The molecule has 0 saturated heterocycles. The van der Waals surface area contributed by atoms with Crippen LogP contribution in [0, 0.1) is 17.7 Å². The van der Waals surface area contributed by atoms with Crippen molar-refractivity contribution in [3.05, 3.63) is 29.6 Å². The summed E-state index contributed by atoms with van der Waals surface area (Å²) in [6.45, 7) is 1.67. The van der Waals surface area contributed by atoms with Crippen molar-refractivity contribution in [2.45, 2.75) is 6.92 Å². The third-order valence-corrected chi connectivity index (χ3v) is 1.65. The molecule has 0 aliphatic heterocycles. The maximum Gasteiger partial charge on any atom is 0.339 e. The predicted octanol–water partition coefficient (Wildman–Crippen LogP) is 1.93. The zero-order valence-electron chi connectivity index (χ0n) is 8.08. The molecule has 0 heterocycles. The van der Waals surface area contributed by atoms with Crippen LogP contribution >= 0.6 is 0 Å². The van der Waals surface area contributed by atoms with Gasteiger partial charge in [0.2, 0.25) is 0 Å². The Labute approximate surface area is 86.5 Å². The van der Waals surface area contributed by atoms with Crippen molar-refractivity contribution in [1.82, 2.24) is 0 Å². The van der Waals surface area contributed by atoms with Gasteiger partial charge in [-0.1, -0.05) is 5.92 Å². The van der Waals surface area contributed by atoms with Crippen LogP contribution in [0.3, 0.4) is 0 Å². The van der Waals surface area contributed by atoms with Gasteiger partial charge in [-0.05, 0) is 19.1 Å². The van der Waals surface area contributed by atoms with E-state index in [1.54, 1.807) is 6.92 Å². The largest absolute Gasteiger partial charge is 0.480 e. The van der Waals surface area contributed by atoms with E-state index in [1.807, 2.05) is 0 Å². The number of hydrogen-bond acceptors (Lipinski definition) is 2. The number of aromatic carboxylic acids is 1. The highest BCUT2D eigenvalue weighted by molar-refractivity contribution is 5.90. The summed E-state index contributed by atoms with van der Waals surface area (Å²) >= 11 is 0. The number of hydrogen-bond donors (Lipinski definition) is 1. The number of carboxylic acid groups (broad SMARTS) is 1. The molecule has 3 nitrogen and oxygen atoms in total. The molecule has 78 valence electrons. The highest BCUT2D eigenvalue weighted by Crippen LogP contribution is 2.19. The van der Waals surface area contributed by atoms with Gasteiger partial charge in [-0.25, -0.2) is 9.18 Å². The van der Waals surface area contributed by atoms with Crippen LogP contribution in [0.5, 0.6) is 5.75 Å². The maximum absolute atomic E-state index is 12.8. The normalized spacial score (nSPS) is 8.93. The Balaban J connectivity index is 2.95. The van der Waals surface area contributed by atoms with E-state index in [4.69, 9.17) is 9.84 Å². The van der Waals surface area contributed by atoms with E-state index < -0.39 is 11.8 Å². The fourth-order valence-corrected chi connectivity index (χ4v) is 0.978. The molecule has 0 fully saturated rings. The molecule has 0 spiro atoms. The van der Waals surface area contributed by atoms with Gasteiger partial charge in [0.25, 0.3) is 0 Å². The first kappa shape index (κ1) is 11.1. The zero-order chi connectivity index (χ0) is 11.3. The fraction of sp³-hybridized carbons (Fsp3) is 0.182. The summed E-state index contributed by atoms with van der Waals surface area (Å²) in [4.78, 5) is 10.7. The SMILES string of the molecule is CC#CCOc1cc(F)ccc1C(=O)O. The minimum absolute atomic E-state index is 0.00903. The molecule has 0 aromatic heterocycles. The van der Waals surface area contributed by atoms with Gasteiger partial charge in [0, 0.05) is 6.07 Å². The van der Waals surface area contributed by atoms with Crippen LogP contribution in [0.15, 0.2) is 18.2 Å². The Morgan fingerprint density at radius 3 is 2.93 bits per heavy atom. The predicted molar refractivity (Wildman–Crippen MR) is 52.3 cm³/mol. The van der Waals surface area contributed by atoms with E-state index in [0.717, 1.165) is 18.2 Å². The molecule has 0 atom stereocenters. The lowest BCUT2D eigenvalue weighted by atomic mass is 10.2. The molecular weight excluding hydrogens is 199 g/mol. The van der Waals surface area contributed by atoms with E-state index in [9.17, 15) is 9.18 Å². The molecule has 0 saturated carbocycles. The Kier molecular flexibility index (Phi) is 3.69. The number of rotatable bonds is 3. The van der Waals surface area contributed by atoms with Gasteiger partial charge < -0.3 is 9.84 Å². The van der Waals surface area contributed by atoms with Gasteiger partial charge >= 0.3 is 5.97 Å². The second-order valence-corrected chi connectivity index (χ2v) is 2.66. The second kappa shape index (κ2) is 5.01. The molecule has 1 aromatic rings. The number of benzene rings is 1. The summed E-state index contributed by atoms with van der Waals surface area (Å²) < 4.78 is 17.8. The summed E-state index contributed by atoms with van der Waals surface area (Å²) in [5, 5.41) is 8.77. The van der Waals surface area contributed by atoms with Crippen LogP contribution in [0.25, 0.3) is 0 Å². The van der Waals surface area contributed by atoms with E-state index in [2.05, 4.69) is 11.8 Å². The summed E-state index contributed by atoms with van der Waals surface area (Å²) in [5.74, 6) is 3.47. The standard InChI is InChI=1S/C11H9FO3/c1-2-3-6-15-10-7-8(12)4-5-9(10)11(13)14/h4-5,7H,6H2,1H3,(H,13,14). The third-order valence-electron chi connectivity index (χ3n) is 1.65. The number of carboxylic acids is 1. The van der Waals surface area contributed by atoms with Crippen molar-refractivity contribution in [1.29, 1.82) is 0 Å². The minimum atomic E-state index is -1.16. The Hall–Kier alpha value is -2.02. The van der Waals surface area contributed by atoms with Gasteiger partial charge in [-0.2, -0.15) is 0 Å². The monoisotopic (exact) mass is 208 g/mol. The zero-order valence-corrected chi connectivity index (χ0v) is 8.08. The molecule has 1 N–H and O–H groups in total. The van der Waals surface area contributed by atoms with E-state index in [-0.39, 0.29) is 17.9 Å². The van der Waals surface area contributed by atoms with Crippen molar-refractivity contribution in [3.63, 3.8) is 0 Å². The quantitative estimate of drug-likeness (QED) is 0.772. The average molecular weight is 208 g/mol. The van der Waals surface area contributed by atoms with Crippen LogP contribution in [-0.2, 0) is 0 Å². The maximum atomic E-state index is 12.8. The topological polar surface area (TPSA) is 46.5 Å². The smallest absolute Gasteiger partial charge is 0.339 e. The molecule has 0 bridgehead atoms. The number of carbonyl (C=O) groups is 1. The van der Waals surface area contributed by atoms with Gasteiger partial charge in [0.05, 0.1) is 0 Å². The highest BCUT2D eigenvalue weighted by atomic mass is 19.1. The molecule has 0 amide bonds. The third kappa shape index (κ3) is 2.99. The number of ether oxygens (including phenoxy) is 1. The van der Waals surface area contributed by atoms with Crippen molar-refractivity contribution < 1.29 is 19.0 Å². The molecule has 1 aromatic carbocycles. The first-order valence-corrected chi connectivity index (χ1v) is 4.20. The first-order chi connectivity index (χ1) is 7.15. The molecule has 15 heavy (non-hydrogen) atoms. The van der Waals surface area contributed by atoms with Crippen LogP contribution in [0.4, 0.5) is 4.39 Å². The molecule has 4 heteroatoms. The lowest BCUT2D eigenvalue weighted by Gasteiger charge is -2.05. The summed E-state index contributed by atoms with van der Waals surface area (Å²) in [5.41, 5.74) is -0.0747. The highest BCUT2D eigenvalue weighted by Gasteiger charge is 2.11. The molecule has 0 aliphatic rings. The molecule has 0 radical (unpaired) electrons. The van der Waals surface area contributed by atoms with E-state index in [1.165, 1.54) is 0 Å². The number of halogens is 1. The van der Waals surface area contributed by atoms with Gasteiger partial charge in [0.1, 0.15) is 23.7 Å². The Morgan fingerprint density at radius 1 is 1.60 bits per heavy atom. The van der Waals surface area contributed by atoms with Crippen molar-refractivity contribution in [2.75, 3.05) is 6.61 Å². The van der Waals surface area contributed by atoms with Crippen LogP contribution < -0.4 is 4.74 Å². The van der Waals surface area contributed by atoms with E-state index in [0.29, 0.717) is 0 Å².